The lowest BCUT2D eigenvalue weighted by atomic mass is 10.1. The fourth-order valence-electron chi connectivity index (χ4n) is 2.32. The Labute approximate surface area is 169 Å². The Hall–Kier alpha value is -2.82. The van der Waals surface area contributed by atoms with Crippen molar-refractivity contribution in [2.75, 3.05) is 11.8 Å². The van der Waals surface area contributed by atoms with E-state index in [0.717, 1.165) is 23.5 Å². The van der Waals surface area contributed by atoms with Gasteiger partial charge < -0.3 is 14.9 Å². The summed E-state index contributed by atoms with van der Waals surface area (Å²) in [5.41, 5.74) is 0.786. The number of hydrogen-bond acceptors (Lipinski definition) is 7. The predicted octanol–water partition coefficient (Wildman–Crippen LogP) is 3.68. The minimum absolute atomic E-state index is 0.0136. The lowest BCUT2D eigenvalue weighted by Crippen LogP contribution is -2.11. The molecule has 11 heteroatoms. The molecule has 0 amide bonds. The molecule has 0 atom stereocenters. The second kappa shape index (κ2) is 7.66. The molecule has 0 radical (unpaired) electrons. The van der Waals surface area contributed by atoms with E-state index in [-0.39, 0.29) is 19.8 Å². The third-order valence-corrected chi connectivity index (χ3v) is 6.88. The van der Waals surface area contributed by atoms with Crippen molar-refractivity contribution < 1.29 is 28.2 Å². The third-order valence-electron chi connectivity index (χ3n) is 3.67. The number of pyridine rings is 1. The van der Waals surface area contributed by atoms with Crippen molar-refractivity contribution in [3.05, 3.63) is 52.5 Å². The van der Waals surface area contributed by atoms with Crippen LogP contribution in [0.2, 0.25) is 4.34 Å². The lowest BCUT2D eigenvalue weighted by molar-refractivity contribution is 0.0694. The second-order valence-electron chi connectivity index (χ2n) is 5.48. The number of carbonyl (C=O) groups is 1. The minimum Gasteiger partial charge on any atom is -0.507 e. The molecule has 0 fully saturated rings. The predicted molar refractivity (Wildman–Crippen MR) is 105 cm³/mol. The highest BCUT2D eigenvalue weighted by Crippen LogP contribution is 2.38. The van der Waals surface area contributed by atoms with Crippen LogP contribution in [0.4, 0.5) is 5.69 Å². The highest BCUT2D eigenvalue weighted by Gasteiger charge is 2.22. The summed E-state index contributed by atoms with van der Waals surface area (Å²) in [7, 11) is -2.52. The summed E-state index contributed by atoms with van der Waals surface area (Å²) in [6.45, 7) is 0. The first-order valence-corrected chi connectivity index (χ1v) is 10.3. The summed E-state index contributed by atoms with van der Waals surface area (Å²) in [6, 6.07) is 8.10. The van der Waals surface area contributed by atoms with Crippen LogP contribution in [0.15, 0.2) is 46.8 Å². The van der Waals surface area contributed by atoms with Gasteiger partial charge in [0.05, 0.1) is 12.8 Å². The topological polar surface area (TPSA) is 126 Å². The zero-order chi connectivity index (χ0) is 20.5. The van der Waals surface area contributed by atoms with E-state index >= 15 is 0 Å². The maximum absolute atomic E-state index is 12.6. The summed E-state index contributed by atoms with van der Waals surface area (Å²) >= 11 is 7.06. The van der Waals surface area contributed by atoms with Gasteiger partial charge in [-0.3, -0.25) is 4.72 Å². The number of benzene rings is 1. The number of aromatic nitrogens is 1. The monoisotopic (exact) mass is 440 g/mol. The van der Waals surface area contributed by atoms with E-state index in [1.54, 1.807) is 12.1 Å². The van der Waals surface area contributed by atoms with Crippen LogP contribution in [-0.2, 0) is 10.0 Å². The van der Waals surface area contributed by atoms with Gasteiger partial charge >= 0.3 is 5.97 Å². The number of phenols is 1. The first-order valence-electron chi connectivity index (χ1n) is 7.60. The number of hydrogen-bond donors (Lipinski definition) is 3. The summed E-state index contributed by atoms with van der Waals surface area (Å²) < 4.78 is 32.8. The maximum Gasteiger partial charge on any atom is 0.339 e. The number of carboxylic acid groups (broad SMARTS) is 1. The lowest BCUT2D eigenvalue weighted by Gasteiger charge is -2.07. The van der Waals surface area contributed by atoms with Crippen molar-refractivity contribution in [3.63, 3.8) is 0 Å². The molecular formula is C17H13ClN2O6S2. The SMILES string of the molecule is COc1ccc(-c2cc(S(=O)(=O)Nc3ccc(C(=O)O)c(O)c3)sc2Cl)cn1. The number of carboxylic acids is 1. The number of rotatable bonds is 6. The highest BCUT2D eigenvalue weighted by atomic mass is 35.5. The van der Waals surface area contributed by atoms with Gasteiger partial charge in [0.15, 0.2) is 0 Å². The standard InChI is InChI=1S/C17H13ClN2O6S2/c1-26-14-5-2-9(8-19-14)12-7-15(27-16(12)18)28(24,25)20-10-3-4-11(17(22)23)13(21)6-10/h2-8,20-21H,1H3,(H,22,23). The molecule has 0 saturated heterocycles. The van der Waals surface area contributed by atoms with Crippen molar-refractivity contribution in [1.82, 2.24) is 4.98 Å². The van der Waals surface area contributed by atoms with Gasteiger partial charge in [-0.15, -0.1) is 11.3 Å². The van der Waals surface area contributed by atoms with Gasteiger partial charge in [-0.1, -0.05) is 11.6 Å². The number of anilines is 1. The highest BCUT2D eigenvalue weighted by molar-refractivity contribution is 7.94. The third kappa shape index (κ3) is 4.03. The summed E-state index contributed by atoms with van der Waals surface area (Å²) in [4.78, 5) is 15.0. The smallest absolute Gasteiger partial charge is 0.339 e. The van der Waals surface area contributed by atoms with Crippen LogP contribution >= 0.6 is 22.9 Å². The number of aromatic hydroxyl groups is 1. The fourth-order valence-corrected chi connectivity index (χ4v) is 5.13. The molecular weight excluding hydrogens is 428 g/mol. The molecule has 0 saturated carbocycles. The molecule has 8 nitrogen and oxygen atoms in total. The van der Waals surface area contributed by atoms with Gasteiger partial charge in [0.25, 0.3) is 10.0 Å². The van der Waals surface area contributed by atoms with Gasteiger partial charge in [0.1, 0.15) is 19.9 Å². The Morgan fingerprint density at radius 2 is 2.00 bits per heavy atom. The minimum atomic E-state index is -4.01. The Balaban J connectivity index is 1.90. The van der Waals surface area contributed by atoms with E-state index in [4.69, 9.17) is 21.4 Å². The molecule has 0 aliphatic carbocycles. The molecule has 0 aliphatic rings. The summed E-state index contributed by atoms with van der Waals surface area (Å²) in [5, 5.41) is 18.6. The second-order valence-corrected chi connectivity index (χ2v) is 9.05. The molecule has 2 heterocycles. The van der Waals surface area contributed by atoms with Crippen molar-refractivity contribution in [3.8, 4) is 22.8 Å². The van der Waals surface area contributed by atoms with Gasteiger partial charge in [-0.2, -0.15) is 0 Å². The van der Waals surface area contributed by atoms with E-state index in [9.17, 15) is 18.3 Å². The Bertz CT molecular complexity index is 1140. The number of methoxy groups -OCH3 is 1. The van der Waals surface area contributed by atoms with Crippen LogP contribution in [0.3, 0.4) is 0 Å². The number of nitrogens with one attached hydrogen (secondary N) is 1. The van der Waals surface area contributed by atoms with E-state index in [1.807, 2.05) is 0 Å². The normalized spacial score (nSPS) is 11.2. The molecule has 28 heavy (non-hydrogen) atoms. The van der Waals surface area contributed by atoms with Crippen LogP contribution in [0.1, 0.15) is 10.4 Å². The molecule has 3 N–H and O–H groups in total. The van der Waals surface area contributed by atoms with Crippen molar-refractivity contribution in [2.24, 2.45) is 0 Å². The molecule has 3 aromatic rings. The van der Waals surface area contributed by atoms with Crippen molar-refractivity contribution in [2.45, 2.75) is 4.21 Å². The van der Waals surface area contributed by atoms with Crippen molar-refractivity contribution in [1.29, 1.82) is 0 Å². The number of sulfonamides is 1. The van der Waals surface area contributed by atoms with Gasteiger partial charge in [-0.25, -0.2) is 18.2 Å². The molecule has 0 aliphatic heterocycles. The quantitative estimate of drug-likeness (QED) is 0.533. The number of aromatic carboxylic acids is 1. The first kappa shape index (κ1) is 19.9. The van der Waals surface area contributed by atoms with Crippen LogP contribution in [-0.4, -0.2) is 36.7 Å². The molecule has 1 aromatic carbocycles. The Kier molecular flexibility index (Phi) is 5.45. The first-order chi connectivity index (χ1) is 13.2. The molecule has 3 rings (SSSR count). The number of ether oxygens (including phenoxy) is 1. The van der Waals surface area contributed by atoms with Crippen LogP contribution in [0.25, 0.3) is 11.1 Å². The van der Waals surface area contributed by atoms with Crippen molar-refractivity contribution >= 4 is 44.6 Å². The summed E-state index contributed by atoms with van der Waals surface area (Å²) in [5.74, 6) is -1.47. The van der Waals surface area contributed by atoms with Gasteiger partial charge in [-0.05, 0) is 24.3 Å². The van der Waals surface area contributed by atoms with E-state index < -0.39 is 21.7 Å². The van der Waals surface area contributed by atoms with Crippen LogP contribution in [0, 0.1) is 0 Å². The molecule has 0 unspecified atom stereocenters. The van der Waals surface area contributed by atoms with E-state index in [0.29, 0.717) is 17.0 Å². The van der Waals surface area contributed by atoms with E-state index in [2.05, 4.69) is 9.71 Å². The Morgan fingerprint density at radius 1 is 1.25 bits per heavy atom. The van der Waals surface area contributed by atoms with Gasteiger partial charge in [0.2, 0.25) is 5.88 Å². The summed E-state index contributed by atoms with van der Waals surface area (Å²) in [6.07, 6.45) is 1.51. The van der Waals surface area contributed by atoms with Crippen LogP contribution < -0.4 is 9.46 Å². The maximum atomic E-state index is 12.6. The average molecular weight is 441 g/mol. The molecule has 0 spiro atoms. The average Bonchev–Trinajstić information content (AvgIpc) is 3.04. The number of thiophene rings is 1. The van der Waals surface area contributed by atoms with Gasteiger partial charge in [0, 0.05) is 29.5 Å². The molecule has 146 valence electrons. The molecule has 2 aromatic heterocycles. The molecule has 0 bridgehead atoms. The fraction of sp³-hybridized carbons (Fsp3) is 0.0588. The van der Waals surface area contributed by atoms with Crippen LogP contribution in [0.5, 0.6) is 11.6 Å². The number of nitrogens with zero attached hydrogens (tertiary/aromatic N) is 1. The number of halogens is 1. The zero-order valence-electron chi connectivity index (χ0n) is 14.2. The zero-order valence-corrected chi connectivity index (χ0v) is 16.6. The Morgan fingerprint density at radius 3 is 2.57 bits per heavy atom. The van der Waals surface area contributed by atoms with E-state index in [1.165, 1.54) is 25.4 Å². The largest absolute Gasteiger partial charge is 0.507 e.